The third-order valence-electron chi connectivity index (χ3n) is 3.19. The molecule has 6 heteroatoms. The molecule has 0 saturated carbocycles. The normalized spacial score (nSPS) is 17.6. The van der Waals surface area contributed by atoms with E-state index in [1.807, 2.05) is 0 Å². The molecular weight excluding hydrogens is 232 g/mol. The Hall–Kier alpha value is -1.69. The minimum absolute atomic E-state index is 0.0151. The minimum Gasteiger partial charge on any atom is -0.477 e. The Bertz CT molecular complexity index is 418. The number of likely N-dealkylation sites (tertiary alicyclic amines) is 1. The Morgan fingerprint density at radius 1 is 1.56 bits per heavy atom. The lowest BCUT2D eigenvalue weighted by Crippen LogP contribution is -2.35. The van der Waals surface area contributed by atoms with Gasteiger partial charge in [0.05, 0.1) is 0 Å². The third kappa shape index (κ3) is 3.16. The molecule has 0 aromatic carbocycles. The fourth-order valence-corrected chi connectivity index (χ4v) is 2.11. The van der Waals surface area contributed by atoms with Crippen molar-refractivity contribution >= 4 is 11.9 Å². The fraction of sp³-hybridized carbons (Fsp3) is 0.583. The summed E-state index contributed by atoms with van der Waals surface area (Å²) in [6.07, 6.45) is 3.98. The molecule has 98 valence electrons. The first kappa shape index (κ1) is 12.8. The minimum atomic E-state index is -1.03. The first-order valence-electron chi connectivity index (χ1n) is 6.21. The second kappa shape index (κ2) is 5.77. The molecule has 1 aromatic heterocycles. The van der Waals surface area contributed by atoms with Crippen molar-refractivity contribution in [3.8, 4) is 0 Å². The van der Waals surface area contributed by atoms with Gasteiger partial charge in [0.1, 0.15) is 0 Å². The van der Waals surface area contributed by atoms with Gasteiger partial charge in [0.15, 0.2) is 5.69 Å². The summed E-state index contributed by atoms with van der Waals surface area (Å²) in [5.41, 5.74) is 0.0151. The van der Waals surface area contributed by atoms with Crippen LogP contribution in [0.5, 0.6) is 0 Å². The van der Waals surface area contributed by atoms with Crippen LogP contribution in [0.4, 0.5) is 5.95 Å². The highest BCUT2D eigenvalue weighted by atomic mass is 16.4. The van der Waals surface area contributed by atoms with Crippen LogP contribution in [-0.4, -0.2) is 51.6 Å². The summed E-state index contributed by atoms with van der Waals surface area (Å²) < 4.78 is 0. The number of carbonyl (C=O) groups is 1. The lowest BCUT2D eigenvalue weighted by molar-refractivity contribution is 0.0690. The Labute approximate surface area is 106 Å². The summed E-state index contributed by atoms with van der Waals surface area (Å²) in [5.74, 6) is -0.658. The molecule has 0 radical (unpaired) electrons. The molecule has 1 saturated heterocycles. The number of nitrogens with zero attached hydrogens (tertiary/aromatic N) is 3. The van der Waals surface area contributed by atoms with Gasteiger partial charge in [0, 0.05) is 18.8 Å². The van der Waals surface area contributed by atoms with Gasteiger partial charge in [0.25, 0.3) is 0 Å². The molecule has 2 rings (SSSR count). The van der Waals surface area contributed by atoms with E-state index in [9.17, 15) is 4.79 Å². The molecule has 1 atom stereocenters. The smallest absolute Gasteiger partial charge is 0.354 e. The van der Waals surface area contributed by atoms with E-state index in [4.69, 9.17) is 5.11 Å². The lowest BCUT2D eigenvalue weighted by Gasteiger charge is -2.23. The van der Waals surface area contributed by atoms with Gasteiger partial charge in [-0.15, -0.1) is 0 Å². The van der Waals surface area contributed by atoms with Crippen LogP contribution in [0.1, 0.15) is 30.3 Å². The Morgan fingerprint density at radius 3 is 2.94 bits per heavy atom. The molecule has 1 fully saturated rings. The molecule has 2 heterocycles. The average molecular weight is 250 g/mol. The van der Waals surface area contributed by atoms with Crippen LogP contribution in [0, 0.1) is 0 Å². The molecule has 0 amide bonds. The van der Waals surface area contributed by atoms with E-state index in [0.717, 1.165) is 19.6 Å². The molecule has 18 heavy (non-hydrogen) atoms. The van der Waals surface area contributed by atoms with Gasteiger partial charge < -0.3 is 10.4 Å². The highest BCUT2D eigenvalue weighted by Crippen LogP contribution is 2.11. The number of anilines is 1. The quantitative estimate of drug-likeness (QED) is 0.814. The molecule has 0 aliphatic carbocycles. The maximum absolute atomic E-state index is 10.8. The topological polar surface area (TPSA) is 78.3 Å². The van der Waals surface area contributed by atoms with E-state index in [0.29, 0.717) is 12.0 Å². The predicted octanol–water partition coefficient (Wildman–Crippen LogP) is 1.07. The van der Waals surface area contributed by atoms with E-state index >= 15 is 0 Å². The Morgan fingerprint density at radius 2 is 2.28 bits per heavy atom. The van der Waals surface area contributed by atoms with Crippen molar-refractivity contribution in [1.82, 2.24) is 14.9 Å². The van der Waals surface area contributed by atoms with Crippen LogP contribution < -0.4 is 5.32 Å². The maximum Gasteiger partial charge on any atom is 0.354 e. The number of hydrogen-bond acceptors (Lipinski definition) is 5. The number of rotatable bonds is 5. The van der Waals surface area contributed by atoms with Gasteiger partial charge in [-0.3, -0.25) is 4.90 Å². The molecule has 1 aromatic rings. The van der Waals surface area contributed by atoms with Crippen LogP contribution in [0.25, 0.3) is 0 Å². The van der Waals surface area contributed by atoms with Crippen molar-refractivity contribution in [2.45, 2.75) is 25.8 Å². The number of carboxylic acids is 1. The van der Waals surface area contributed by atoms with E-state index in [1.165, 1.54) is 25.1 Å². The van der Waals surface area contributed by atoms with Crippen molar-refractivity contribution in [1.29, 1.82) is 0 Å². The molecule has 0 spiro atoms. The molecule has 0 bridgehead atoms. The summed E-state index contributed by atoms with van der Waals surface area (Å²) in [7, 11) is 0. The van der Waals surface area contributed by atoms with E-state index in [-0.39, 0.29) is 5.69 Å². The van der Waals surface area contributed by atoms with Crippen molar-refractivity contribution in [2.75, 3.05) is 25.0 Å². The predicted molar refractivity (Wildman–Crippen MR) is 67.8 cm³/mol. The van der Waals surface area contributed by atoms with Gasteiger partial charge in [-0.05, 0) is 38.9 Å². The molecule has 1 aliphatic heterocycles. The zero-order chi connectivity index (χ0) is 13.0. The van der Waals surface area contributed by atoms with Gasteiger partial charge in [-0.1, -0.05) is 0 Å². The van der Waals surface area contributed by atoms with Crippen molar-refractivity contribution < 1.29 is 9.90 Å². The molecule has 1 aliphatic rings. The third-order valence-corrected chi connectivity index (χ3v) is 3.19. The zero-order valence-corrected chi connectivity index (χ0v) is 10.5. The number of nitrogens with one attached hydrogen (secondary N) is 1. The summed E-state index contributed by atoms with van der Waals surface area (Å²) in [5, 5.41) is 11.9. The number of aromatic carboxylic acids is 1. The summed E-state index contributed by atoms with van der Waals surface area (Å²) >= 11 is 0. The molecular formula is C12H18N4O2. The zero-order valence-electron chi connectivity index (χ0n) is 10.5. The fourth-order valence-electron chi connectivity index (χ4n) is 2.11. The largest absolute Gasteiger partial charge is 0.477 e. The molecule has 1 unspecified atom stereocenters. The Balaban J connectivity index is 1.89. The number of hydrogen-bond donors (Lipinski definition) is 2. The molecule has 6 nitrogen and oxygen atoms in total. The highest BCUT2D eigenvalue weighted by molar-refractivity contribution is 5.85. The first-order chi connectivity index (χ1) is 8.66. The Kier molecular flexibility index (Phi) is 4.09. The first-order valence-corrected chi connectivity index (χ1v) is 6.21. The van der Waals surface area contributed by atoms with Gasteiger partial charge >= 0.3 is 5.97 Å². The number of carboxylic acid groups (broad SMARTS) is 1. The summed E-state index contributed by atoms with van der Waals surface area (Å²) in [6, 6.07) is 1.79. The standard InChI is InChI=1S/C12H18N4O2/c1-9(16-6-2-3-7-16)8-14-12-13-5-4-10(15-12)11(17)18/h4-5,9H,2-3,6-8H2,1H3,(H,17,18)(H,13,14,15). The van der Waals surface area contributed by atoms with Crippen LogP contribution in [-0.2, 0) is 0 Å². The van der Waals surface area contributed by atoms with Gasteiger partial charge in [-0.2, -0.15) is 0 Å². The summed E-state index contributed by atoms with van der Waals surface area (Å²) in [6.45, 7) is 5.15. The molecule has 2 N–H and O–H groups in total. The van der Waals surface area contributed by atoms with Crippen LogP contribution in [0.2, 0.25) is 0 Å². The maximum atomic E-state index is 10.8. The van der Waals surface area contributed by atoms with E-state index in [1.54, 1.807) is 0 Å². The highest BCUT2D eigenvalue weighted by Gasteiger charge is 2.17. The lowest BCUT2D eigenvalue weighted by atomic mass is 10.3. The van der Waals surface area contributed by atoms with Crippen molar-refractivity contribution in [3.63, 3.8) is 0 Å². The van der Waals surface area contributed by atoms with E-state index in [2.05, 4.69) is 27.1 Å². The van der Waals surface area contributed by atoms with Crippen molar-refractivity contribution in [2.24, 2.45) is 0 Å². The monoisotopic (exact) mass is 250 g/mol. The second-order valence-corrected chi connectivity index (χ2v) is 4.54. The van der Waals surface area contributed by atoms with Gasteiger partial charge in [0.2, 0.25) is 5.95 Å². The van der Waals surface area contributed by atoms with Crippen molar-refractivity contribution in [3.05, 3.63) is 18.0 Å². The van der Waals surface area contributed by atoms with Gasteiger partial charge in [-0.25, -0.2) is 14.8 Å². The van der Waals surface area contributed by atoms with Crippen LogP contribution >= 0.6 is 0 Å². The van der Waals surface area contributed by atoms with Crippen LogP contribution in [0.15, 0.2) is 12.3 Å². The van der Waals surface area contributed by atoms with Crippen LogP contribution in [0.3, 0.4) is 0 Å². The SMILES string of the molecule is CC(CNc1nccc(C(=O)O)n1)N1CCCC1. The number of aromatic nitrogens is 2. The van der Waals surface area contributed by atoms with E-state index < -0.39 is 5.97 Å². The average Bonchev–Trinajstić information content (AvgIpc) is 2.90. The second-order valence-electron chi connectivity index (χ2n) is 4.54. The summed E-state index contributed by atoms with van der Waals surface area (Å²) in [4.78, 5) is 21.1.